The van der Waals surface area contributed by atoms with Gasteiger partial charge in [0.15, 0.2) is 0 Å². The van der Waals surface area contributed by atoms with Crippen molar-refractivity contribution >= 4 is 5.91 Å². The Labute approximate surface area is 176 Å². The Kier molecular flexibility index (Phi) is 6.57. The summed E-state index contributed by atoms with van der Waals surface area (Å²) in [5, 5.41) is 3.45. The molecule has 1 amide bonds. The largest absolute Gasteiger partial charge is 0.368 e. The molecule has 0 fully saturated rings. The summed E-state index contributed by atoms with van der Waals surface area (Å²) >= 11 is 0. The molecule has 3 aromatic rings. The molecule has 2 unspecified atom stereocenters. The molecule has 6 heteroatoms. The monoisotopic (exact) mass is 406 g/mol. The smallest absolute Gasteiger partial charge is 0.242 e. The van der Waals surface area contributed by atoms with E-state index >= 15 is 0 Å². The summed E-state index contributed by atoms with van der Waals surface area (Å²) < 4.78 is 13.9. The van der Waals surface area contributed by atoms with E-state index < -0.39 is 11.4 Å². The van der Waals surface area contributed by atoms with Gasteiger partial charge in [-0.2, -0.15) is 0 Å². The molecule has 0 radical (unpaired) electrons. The number of carbonyl (C=O) groups excluding carboxylic acids is 1. The molecule has 1 aromatic heterocycles. The summed E-state index contributed by atoms with van der Waals surface area (Å²) in [6, 6.07) is 14.1. The van der Waals surface area contributed by atoms with E-state index in [4.69, 9.17) is 5.73 Å². The van der Waals surface area contributed by atoms with E-state index in [1.807, 2.05) is 37.3 Å². The van der Waals surface area contributed by atoms with Gasteiger partial charge >= 0.3 is 0 Å². The van der Waals surface area contributed by atoms with Crippen molar-refractivity contribution in [2.24, 2.45) is 5.73 Å². The zero-order valence-electron chi connectivity index (χ0n) is 17.5. The average Bonchev–Trinajstić information content (AvgIpc) is 2.74. The molecule has 0 aliphatic carbocycles. The lowest BCUT2D eigenvalue weighted by Gasteiger charge is -2.33. The fourth-order valence-electron chi connectivity index (χ4n) is 3.46. The third-order valence-corrected chi connectivity index (χ3v) is 5.41. The lowest BCUT2D eigenvalue weighted by atomic mass is 9.88. The predicted molar refractivity (Wildman–Crippen MR) is 115 cm³/mol. The van der Waals surface area contributed by atoms with Gasteiger partial charge in [-0.25, -0.2) is 4.39 Å². The maximum atomic E-state index is 13.9. The van der Waals surface area contributed by atoms with Gasteiger partial charge < -0.3 is 5.73 Å². The van der Waals surface area contributed by atoms with Crippen LogP contribution in [-0.4, -0.2) is 15.9 Å². The number of nitrogens with one attached hydrogen (secondary N) is 1. The van der Waals surface area contributed by atoms with Crippen LogP contribution in [0.5, 0.6) is 0 Å². The van der Waals surface area contributed by atoms with Crippen LogP contribution in [0.4, 0.5) is 4.39 Å². The molecular weight excluding hydrogens is 379 g/mol. The predicted octanol–water partition coefficient (Wildman–Crippen LogP) is 3.90. The maximum absolute atomic E-state index is 13.9. The summed E-state index contributed by atoms with van der Waals surface area (Å²) in [6.07, 6.45) is 4.77. The van der Waals surface area contributed by atoms with Gasteiger partial charge in [0.25, 0.3) is 0 Å². The van der Waals surface area contributed by atoms with Gasteiger partial charge in [0.2, 0.25) is 5.91 Å². The average molecular weight is 407 g/mol. The highest BCUT2D eigenvalue weighted by Gasteiger charge is 2.35. The van der Waals surface area contributed by atoms with Crippen molar-refractivity contribution in [2.75, 3.05) is 0 Å². The molecule has 1 heterocycles. The third kappa shape index (κ3) is 4.89. The molecule has 2 atom stereocenters. The summed E-state index contributed by atoms with van der Waals surface area (Å²) in [5.74, 6) is -0.740. The van der Waals surface area contributed by atoms with E-state index in [0.29, 0.717) is 18.4 Å². The second kappa shape index (κ2) is 9.13. The molecule has 0 saturated carbocycles. The van der Waals surface area contributed by atoms with Gasteiger partial charge in [-0.05, 0) is 56.4 Å². The molecule has 0 saturated heterocycles. The number of benzene rings is 2. The van der Waals surface area contributed by atoms with Crippen LogP contribution in [0, 0.1) is 19.7 Å². The number of amides is 1. The summed E-state index contributed by atoms with van der Waals surface area (Å²) in [4.78, 5) is 21.2. The highest BCUT2D eigenvalue weighted by molar-refractivity contribution is 5.85. The zero-order valence-corrected chi connectivity index (χ0v) is 17.5. The standard InChI is InChI=1S/C24H27FN4O/c1-16-13-18(9-11-21(16)25)22(12-10-20-15-27-17(2)14-28-20)29-24(3,23(26)30)19-7-5-4-6-8-19/h4-9,11,13-15,22,29H,10,12H2,1-3H3,(H2,26,30). The Morgan fingerprint density at radius 3 is 2.47 bits per heavy atom. The Bertz CT molecular complexity index is 1010. The van der Waals surface area contributed by atoms with Crippen molar-refractivity contribution in [1.82, 2.24) is 15.3 Å². The van der Waals surface area contributed by atoms with Crippen molar-refractivity contribution in [2.45, 2.75) is 45.2 Å². The van der Waals surface area contributed by atoms with E-state index in [1.54, 1.807) is 38.4 Å². The van der Waals surface area contributed by atoms with Gasteiger partial charge in [-0.15, -0.1) is 0 Å². The Morgan fingerprint density at radius 1 is 1.13 bits per heavy atom. The van der Waals surface area contributed by atoms with Crippen LogP contribution >= 0.6 is 0 Å². The van der Waals surface area contributed by atoms with Crippen LogP contribution < -0.4 is 11.1 Å². The summed E-state index contributed by atoms with van der Waals surface area (Å²) in [5.41, 5.74) is 8.65. The minimum absolute atomic E-state index is 0.245. The van der Waals surface area contributed by atoms with Crippen LogP contribution in [0.3, 0.4) is 0 Å². The second-order valence-electron chi connectivity index (χ2n) is 7.75. The number of carbonyl (C=O) groups is 1. The molecule has 5 nitrogen and oxygen atoms in total. The van der Waals surface area contributed by atoms with Gasteiger partial charge in [-0.3, -0.25) is 20.1 Å². The first-order valence-corrected chi connectivity index (χ1v) is 9.96. The molecule has 2 aromatic carbocycles. The number of nitrogens with two attached hydrogens (primary N) is 1. The number of hydrogen-bond donors (Lipinski definition) is 2. The highest BCUT2D eigenvalue weighted by atomic mass is 19.1. The number of aromatic nitrogens is 2. The van der Waals surface area contributed by atoms with Gasteiger partial charge in [0.1, 0.15) is 11.4 Å². The number of rotatable bonds is 8. The fourth-order valence-corrected chi connectivity index (χ4v) is 3.46. The van der Waals surface area contributed by atoms with Gasteiger partial charge in [0, 0.05) is 18.4 Å². The lowest BCUT2D eigenvalue weighted by Crippen LogP contribution is -2.51. The number of aryl methyl sites for hydroxylation is 3. The molecule has 0 spiro atoms. The number of primary amides is 1. The van der Waals surface area contributed by atoms with E-state index in [9.17, 15) is 9.18 Å². The number of halogens is 1. The minimum atomic E-state index is -1.09. The molecule has 0 bridgehead atoms. The first-order chi connectivity index (χ1) is 14.3. The van der Waals surface area contributed by atoms with Crippen LogP contribution in [0.2, 0.25) is 0 Å². The topological polar surface area (TPSA) is 80.9 Å². The lowest BCUT2D eigenvalue weighted by molar-refractivity contribution is -0.124. The second-order valence-corrected chi connectivity index (χ2v) is 7.75. The van der Waals surface area contributed by atoms with E-state index in [-0.39, 0.29) is 11.9 Å². The van der Waals surface area contributed by atoms with E-state index in [0.717, 1.165) is 22.5 Å². The number of hydrogen-bond acceptors (Lipinski definition) is 4. The quantitative estimate of drug-likeness (QED) is 0.595. The number of nitrogens with zero attached hydrogens (tertiary/aromatic N) is 2. The summed E-state index contributed by atoms with van der Waals surface area (Å²) in [6.45, 7) is 5.39. The molecule has 3 N–H and O–H groups in total. The van der Waals surface area contributed by atoms with Gasteiger partial charge in [-0.1, -0.05) is 42.5 Å². The van der Waals surface area contributed by atoms with Crippen LogP contribution in [-0.2, 0) is 16.8 Å². The Hall–Kier alpha value is -3.12. The van der Waals surface area contributed by atoms with Crippen LogP contribution in [0.15, 0.2) is 60.9 Å². The molecule has 3 rings (SSSR count). The minimum Gasteiger partial charge on any atom is -0.368 e. The molecular formula is C24H27FN4O. The van der Waals surface area contributed by atoms with Crippen LogP contribution in [0.1, 0.15) is 47.5 Å². The SMILES string of the molecule is Cc1cnc(CCC(NC(C)(C(N)=O)c2ccccc2)c2ccc(F)c(C)c2)cn1. The molecule has 30 heavy (non-hydrogen) atoms. The third-order valence-electron chi connectivity index (χ3n) is 5.41. The normalized spacial score (nSPS) is 14.1. The van der Waals surface area contributed by atoms with Crippen LogP contribution in [0.25, 0.3) is 0 Å². The first-order valence-electron chi connectivity index (χ1n) is 9.96. The van der Waals surface area contributed by atoms with Gasteiger partial charge in [0.05, 0.1) is 11.4 Å². The molecule has 0 aliphatic heterocycles. The van der Waals surface area contributed by atoms with E-state index in [1.165, 1.54) is 6.07 Å². The fraction of sp³-hybridized carbons (Fsp3) is 0.292. The molecule has 156 valence electrons. The van der Waals surface area contributed by atoms with Crippen molar-refractivity contribution in [1.29, 1.82) is 0 Å². The highest BCUT2D eigenvalue weighted by Crippen LogP contribution is 2.29. The molecule has 0 aliphatic rings. The summed E-state index contributed by atoms with van der Waals surface area (Å²) in [7, 11) is 0. The Balaban J connectivity index is 1.93. The van der Waals surface area contributed by atoms with Crippen molar-refractivity contribution in [3.05, 3.63) is 94.8 Å². The van der Waals surface area contributed by atoms with Crippen molar-refractivity contribution in [3.8, 4) is 0 Å². The zero-order chi connectivity index (χ0) is 21.7. The Morgan fingerprint density at radius 2 is 1.87 bits per heavy atom. The van der Waals surface area contributed by atoms with Crippen molar-refractivity contribution < 1.29 is 9.18 Å². The maximum Gasteiger partial charge on any atom is 0.242 e. The van der Waals surface area contributed by atoms with E-state index in [2.05, 4.69) is 15.3 Å². The van der Waals surface area contributed by atoms with Crippen molar-refractivity contribution in [3.63, 3.8) is 0 Å². The first kappa shape index (κ1) is 21.6.